The average Bonchev–Trinajstić information content (AvgIpc) is 3.08. The number of nitrogens with zero attached hydrogens (tertiary/aromatic N) is 3. The maximum Gasteiger partial charge on any atom is 0.411 e. The van der Waals surface area contributed by atoms with Gasteiger partial charge in [0.2, 0.25) is 0 Å². The summed E-state index contributed by atoms with van der Waals surface area (Å²) >= 11 is 5.95. The van der Waals surface area contributed by atoms with Crippen LogP contribution >= 0.6 is 11.6 Å². The van der Waals surface area contributed by atoms with Gasteiger partial charge in [-0.15, -0.1) is 0 Å². The zero-order valence-corrected chi connectivity index (χ0v) is 16.8. The van der Waals surface area contributed by atoms with Gasteiger partial charge in [-0.3, -0.25) is 5.32 Å². The van der Waals surface area contributed by atoms with Crippen LogP contribution in [0.4, 0.5) is 16.3 Å². The summed E-state index contributed by atoms with van der Waals surface area (Å²) in [5.74, 6) is 0.959. The highest BCUT2D eigenvalue weighted by atomic mass is 35.5. The number of nitro groups is 1. The van der Waals surface area contributed by atoms with E-state index >= 15 is 0 Å². The number of amides is 1. The summed E-state index contributed by atoms with van der Waals surface area (Å²) in [5.41, 5.74) is 1.47. The van der Waals surface area contributed by atoms with E-state index in [0.717, 1.165) is 5.56 Å². The van der Waals surface area contributed by atoms with E-state index in [1.54, 1.807) is 37.3 Å². The Morgan fingerprint density at radius 1 is 1.27 bits per heavy atom. The molecule has 0 saturated carbocycles. The van der Waals surface area contributed by atoms with Crippen LogP contribution in [0.2, 0.25) is 5.02 Å². The molecule has 1 amide bonds. The minimum Gasteiger partial charge on any atom is -0.489 e. The van der Waals surface area contributed by atoms with Crippen LogP contribution in [-0.2, 0) is 17.9 Å². The van der Waals surface area contributed by atoms with Crippen LogP contribution in [0.3, 0.4) is 0 Å². The lowest BCUT2D eigenvalue weighted by Gasteiger charge is -2.09. The van der Waals surface area contributed by atoms with Crippen molar-refractivity contribution in [3.8, 4) is 5.75 Å². The van der Waals surface area contributed by atoms with Gasteiger partial charge >= 0.3 is 11.9 Å². The van der Waals surface area contributed by atoms with Gasteiger partial charge in [0.15, 0.2) is 5.82 Å². The van der Waals surface area contributed by atoms with Crippen molar-refractivity contribution in [1.82, 2.24) is 9.55 Å². The van der Waals surface area contributed by atoms with Crippen LogP contribution < -0.4 is 10.1 Å². The number of halogens is 1. The van der Waals surface area contributed by atoms with Crippen molar-refractivity contribution in [2.24, 2.45) is 0 Å². The topological polar surface area (TPSA) is 109 Å². The van der Waals surface area contributed by atoms with Gasteiger partial charge in [-0.25, -0.2) is 14.3 Å². The first kappa shape index (κ1) is 21.1. The first-order valence-electron chi connectivity index (χ1n) is 9.00. The molecule has 0 fully saturated rings. The molecule has 10 heteroatoms. The Balaban J connectivity index is 1.45. The van der Waals surface area contributed by atoms with E-state index < -0.39 is 11.0 Å². The molecule has 1 heterocycles. The largest absolute Gasteiger partial charge is 0.489 e. The number of aryl methyl sites for hydroxylation is 1. The standard InChI is InChI=1S/C20H19ClN4O5/c1-14-22-12-19(25(27)28)24(14)9-10-29-20(26)23-17-5-7-18(8-6-17)30-13-15-3-2-4-16(21)11-15/h2-8,11-12H,9-10,13H2,1H3,(H,23,26). The smallest absolute Gasteiger partial charge is 0.411 e. The Bertz CT molecular complexity index is 1040. The molecule has 0 unspecified atom stereocenters. The van der Waals surface area contributed by atoms with Gasteiger partial charge in [-0.1, -0.05) is 23.7 Å². The summed E-state index contributed by atoms with van der Waals surface area (Å²) in [7, 11) is 0. The number of nitrogens with one attached hydrogen (secondary N) is 1. The number of hydrogen-bond acceptors (Lipinski definition) is 6. The normalized spacial score (nSPS) is 10.5. The molecule has 30 heavy (non-hydrogen) atoms. The lowest BCUT2D eigenvalue weighted by atomic mass is 10.2. The Kier molecular flexibility index (Phi) is 6.87. The van der Waals surface area contributed by atoms with Crippen LogP contribution in [-0.4, -0.2) is 27.2 Å². The van der Waals surface area contributed by atoms with Gasteiger partial charge in [0.25, 0.3) is 0 Å². The summed E-state index contributed by atoms with van der Waals surface area (Å²) in [6, 6.07) is 14.2. The summed E-state index contributed by atoms with van der Waals surface area (Å²) in [5, 5.41) is 14.2. The average molecular weight is 431 g/mol. The molecule has 1 aromatic heterocycles. The third-order valence-electron chi connectivity index (χ3n) is 4.16. The Labute approximate surface area is 177 Å². The zero-order valence-electron chi connectivity index (χ0n) is 16.1. The first-order chi connectivity index (χ1) is 14.4. The number of anilines is 1. The fraction of sp³-hybridized carbons (Fsp3) is 0.200. The van der Waals surface area contributed by atoms with Crippen LogP contribution in [0.1, 0.15) is 11.4 Å². The maximum absolute atomic E-state index is 11.9. The van der Waals surface area contributed by atoms with Gasteiger partial charge in [0.1, 0.15) is 31.7 Å². The van der Waals surface area contributed by atoms with E-state index in [9.17, 15) is 14.9 Å². The number of ether oxygens (including phenoxy) is 2. The number of benzene rings is 2. The molecule has 0 atom stereocenters. The molecule has 0 aliphatic carbocycles. The minimum atomic E-state index is -0.664. The number of imidazole rings is 1. The van der Waals surface area contributed by atoms with E-state index in [-0.39, 0.29) is 19.0 Å². The zero-order chi connectivity index (χ0) is 21.5. The van der Waals surface area contributed by atoms with Gasteiger partial charge in [-0.05, 0) is 46.9 Å². The molecule has 156 valence electrons. The Hall–Kier alpha value is -3.59. The minimum absolute atomic E-state index is 0.0370. The van der Waals surface area contributed by atoms with Gasteiger partial charge < -0.3 is 19.6 Å². The molecule has 0 aliphatic heterocycles. The fourth-order valence-electron chi connectivity index (χ4n) is 2.69. The number of carbonyl (C=O) groups is 1. The number of rotatable bonds is 8. The van der Waals surface area contributed by atoms with Gasteiger partial charge in [0, 0.05) is 17.6 Å². The van der Waals surface area contributed by atoms with Crippen molar-refractivity contribution in [2.75, 3.05) is 11.9 Å². The van der Waals surface area contributed by atoms with E-state index in [4.69, 9.17) is 21.1 Å². The summed E-state index contributed by atoms with van der Waals surface area (Å²) in [6.07, 6.45) is 0.508. The van der Waals surface area contributed by atoms with Gasteiger partial charge in [0.05, 0.1) is 0 Å². The van der Waals surface area contributed by atoms with E-state index in [1.807, 2.05) is 18.2 Å². The molecule has 0 spiro atoms. The SMILES string of the molecule is Cc1ncc([N+](=O)[O-])n1CCOC(=O)Nc1ccc(OCc2cccc(Cl)c2)cc1. The number of hydrogen-bond donors (Lipinski definition) is 1. The lowest BCUT2D eigenvalue weighted by Crippen LogP contribution is -2.18. The van der Waals surface area contributed by atoms with Crippen molar-refractivity contribution < 1.29 is 19.2 Å². The van der Waals surface area contributed by atoms with E-state index in [1.165, 1.54) is 10.8 Å². The molecular formula is C20H19ClN4O5. The maximum atomic E-state index is 11.9. The van der Waals surface area contributed by atoms with E-state index in [2.05, 4.69) is 10.3 Å². The number of aromatic nitrogens is 2. The van der Waals surface area contributed by atoms with E-state index in [0.29, 0.717) is 28.9 Å². The molecule has 0 saturated heterocycles. The lowest BCUT2D eigenvalue weighted by molar-refractivity contribution is -0.392. The Morgan fingerprint density at radius 3 is 2.73 bits per heavy atom. The van der Waals surface area contributed by atoms with Crippen molar-refractivity contribution in [2.45, 2.75) is 20.1 Å². The third-order valence-corrected chi connectivity index (χ3v) is 4.40. The molecule has 0 bridgehead atoms. The first-order valence-corrected chi connectivity index (χ1v) is 9.38. The second-order valence-electron chi connectivity index (χ2n) is 6.28. The monoisotopic (exact) mass is 430 g/mol. The highest BCUT2D eigenvalue weighted by Gasteiger charge is 2.17. The predicted molar refractivity (Wildman–Crippen MR) is 111 cm³/mol. The summed E-state index contributed by atoms with van der Waals surface area (Å²) in [6.45, 7) is 2.11. The predicted octanol–water partition coefficient (Wildman–Crippen LogP) is 4.58. The van der Waals surface area contributed by atoms with Crippen LogP contribution in [0.15, 0.2) is 54.7 Å². The molecule has 1 N–H and O–H groups in total. The molecule has 3 rings (SSSR count). The second kappa shape index (κ2) is 9.75. The third kappa shape index (κ3) is 5.71. The van der Waals surface area contributed by atoms with Crippen molar-refractivity contribution in [3.05, 3.63) is 81.3 Å². The molecule has 2 aromatic carbocycles. The summed E-state index contributed by atoms with van der Waals surface area (Å²) in [4.78, 5) is 26.3. The van der Waals surface area contributed by atoms with Crippen LogP contribution in [0.25, 0.3) is 0 Å². The van der Waals surface area contributed by atoms with Gasteiger partial charge in [-0.2, -0.15) is 0 Å². The Morgan fingerprint density at radius 2 is 2.03 bits per heavy atom. The summed E-state index contributed by atoms with van der Waals surface area (Å²) < 4.78 is 12.2. The molecule has 0 radical (unpaired) electrons. The fourth-order valence-corrected chi connectivity index (χ4v) is 2.90. The molecule has 3 aromatic rings. The van der Waals surface area contributed by atoms with Crippen molar-refractivity contribution >= 4 is 29.2 Å². The van der Waals surface area contributed by atoms with Crippen molar-refractivity contribution in [1.29, 1.82) is 0 Å². The molecule has 0 aliphatic rings. The second-order valence-corrected chi connectivity index (χ2v) is 6.71. The number of carbonyl (C=O) groups excluding carboxylic acids is 1. The van der Waals surface area contributed by atoms with Crippen LogP contribution in [0, 0.1) is 17.0 Å². The molecular weight excluding hydrogens is 412 g/mol. The quantitative estimate of drug-likeness (QED) is 0.414. The molecule has 9 nitrogen and oxygen atoms in total. The highest BCUT2D eigenvalue weighted by molar-refractivity contribution is 6.30. The van der Waals surface area contributed by atoms with Crippen molar-refractivity contribution in [3.63, 3.8) is 0 Å². The highest BCUT2D eigenvalue weighted by Crippen LogP contribution is 2.19. The van der Waals surface area contributed by atoms with Crippen LogP contribution in [0.5, 0.6) is 5.75 Å².